The number of pyridine rings is 1. The number of nitrogens with zero attached hydrogens (tertiary/aromatic N) is 1. The molecule has 0 bridgehead atoms. The van der Waals surface area contributed by atoms with Gasteiger partial charge in [-0.25, -0.2) is 4.98 Å². The van der Waals surface area contributed by atoms with Crippen LogP contribution in [0.25, 0.3) is 10.9 Å². The zero-order chi connectivity index (χ0) is 17.0. The van der Waals surface area contributed by atoms with Crippen molar-refractivity contribution in [2.24, 2.45) is 11.7 Å². The Bertz CT molecular complexity index is 739. The van der Waals surface area contributed by atoms with Gasteiger partial charge in [-0.1, -0.05) is 26.0 Å². The monoisotopic (exact) mass is 414 g/mol. The zero-order valence-electron chi connectivity index (χ0n) is 13.4. The van der Waals surface area contributed by atoms with E-state index < -0.39 is 6.04 Å². The molecule has 1 heterocycles. The number of hydrogen-bond donors (Lipinski definition) is 3. The Morgan fingerprint density at radius 2 is 1.96 bits per heavy atom. The molecule has 0 aliphatic heterocycles. The number of rotatable bonds is 5. The number of carbonyl (C=O) groups excluding carboxylic acids is 2. The van der Waals surface area contributed by atoms with Crippen molar-refractivity contribution in [3.63, 3.8) is 0 Å². The highest BCUT2D eigenvalue weighted by molar-refractivity contribution is 9.10. The number of carbonyl (C=O) groups is 2. The van der Waals surface area contributed by atoms with E-state index in [1.54, 1.807) is 6.07 Å². The lowest BCUT2D eigenvalue weighted by atomic mass is 10.1. The van der Waals surface area contributed by atoms with Gasteiger partial charge in [0.25, 0.3) is 0 Å². The summed E-state index contributed by atoms with van der Waals surface area (Å²) in [6, 6.07) is 8.70. The summed E-state index contributed by atoms with van der Waals surface area (Å²) in [6.45, 7) is 3.55. The van der Waals surface area contributed by atoms with E-state index in [1.807, 2.05) is 38.1 Å². The molecule has 6 nitrogen and oxygen atoms in total. The second kappa shape index (κ2) is 8.96. The van der Waals surface area contributed by atoms with E-state index in [0.29, 0.717) is 5.82 Å². The minimum Gasteiger partial charge on any atom is -0.346 e. The van der Waals surface area contributed by atoms with Gasteiger partial charge in [0, 0.05) is 9.86 Å². The van der Waals surface area contributed by atoms with Crippen molar-refractivity contribution in [3.8, 4) is 0 Å². The molecule has 8 heteroatoms. The van der Waals surface area contributed by atoms with E-state index >= 15 is 0 Å². The molecule has 130 valence electrons. The third-order valence-electron chi connectivity index (χ3n) is 3.38. The second-order valence-electron chi connectivity index (χ2n) is 5.54. The van der Waals surface area contributed by atoms with Crippen molar-refractivity contribution in [1.29, 1.82) is 0 Å². The van der Waals surface area contributed by atoms with Crippen LogP contribution < -0.4 is 16.4 Å². The molecular formula is C16H20BrClN4O2. The van der Waals surface area contributed by atoms with Crippen LogP contribution in [0.15, 0.2) is 34.8 Å². The molecule has 2 rings (SSSR count). The van der Waals surface area contributed by atoms with Gasteiger partial charge in [0.2, 0.25) is 11.8 Å². The molecule has 1 aromatic heterocycles. The number of benzene rings is 1. The predicted molar refractivity (Wildman–Crippen MR) is 101 cm³/mol. The van der Waals surface area contributed by atoms with Crippen LogP contribution in [-0.2, 0) is 9.59 Å². The van der Waals surface area contributed by atoms with Crippen LogP contribution in [0.5, 0.6) is 0 Å². The first kappa shape index (κ1) is 20.3. The molecule has 2 aromatic rings. The van der Waals surface area contributed by atoms with Crippen molar-refractivity contribution >= 4 is 56.9 Å². The first-order valence-corrected chi connectivity index (χ1v) is 8.06. The van der Waals surface area contributed by atoms with Gasteiger partial charge in [-0.15, -0.1) is 12.4 Å². The van der Waals surface area contributed by atoms with Crippen molar-refractivity contribution in [3.05, 3.63) is 34.8 Å². The van der Waals surface area contributed by atoms with Crippen molar-refractivity contribution < 1.29 is 9.59 Å². The molecule has 2 amide bonds. The topological polar surface area (TPSA) is 97.1 Å². The number of nitrogens with two attached hydrogens (primary N) is 1. The maximum Gasteiger partial charge on any atom is 0.244 e. The fraction of sp³-hybridized carbons (Fsp3) is 0.312. The highest BCUT2D eigenvalue weighted by Crippen LogP contribution is 2.23. The molecule has 0 saturated carbocycles. The number of aromatic nitrogens is 1. The number of para-hydroxylation sites is 1. The van der Waals surface area contributed by atoms with Crippen LogP contribution in [-0.4, -0.2) is 29.4 Å². The van der Waals surface area contributed by atoms with Crippen LogP contribution in [0.3, 0.4) is 0 Å². The predicted octanol–water partition coefficient (Wildman–Crippen LogP) is 2.46. The number of fused-ring (bicyclic) bond motifs is 1. The Kier molecular flexibility index (Phi) is 7.59. The van der Waals surface area contributed by atoms with E-state index in [0.717, 1.165) is 15.4 Å². The standard InChI is InChI=1S/C16H19BrN4O2.ClH/c1-9(2)14(18)16(23)19-8-13(22)20-12-7-6-10-4-3-5-11(17)15(10)21-12;/h3-7,9,14H,8,18H2,1-2H3,(H,19,23)(H,20,21,22);1H/t14-;/m0./s1. The Morgan fingerprint density at radius 3 is 2.62 bits per heavy atom. The average Bonchev–Trinajstić information content (AvgIpc) is 2.52. The first-order chi connectivity index (χ1) is 10.9. The van der Waals surface area contributed by atoms with E-state index in [4.69, 9.17) is 5.73 Å². The summed E-state index contributed by atoms with van der Waals surface area (Å²) < 4.78 is 0.849. The van der Waals surface area contributed by atoms with E-state index in [9.17, 15) is 9.59 Å². The van der Waals surface area contributed by atoms with Gasteiger partial charge in [-0.3, -0.25) is 9.59 Å². The van der Waals surface area contributed by atoms with Gasteiger partial charge in [0.1, 0.15) is 5.82 Å². The Morgan fingerprint density at radius 1 is 1.25 bits per heavy atom. The summed E-state index contributed by atoms with van der Waals surface area (Å²) in [4.78, 5) is 28.0. The molecular weight excluding hydrogens is 396 g/mol. The molecule has 0 spiro atoms. The van der Waals surface area contributed by atoms with Gasteiger partial charge in [0.05, 0.1) is 18.1 Å². The molecule has 1 atom stereocenters. The molecule has 0 radical (unpaired) electrons. The summed E-state index contributed by atoms with van der Waals surface area (Å²) in [5.74, 6) is -0.257. The van der Waals surface area contributed by atoms with E-state index in [2.05, 4.69) is 31.5 Å². The van der Waals surface area contributed by atoms with Crippen molar-refractivity contribution in [2.45, 2.75) is 19.9 Å². The quantitative estimate of drug-likeness (QED) is 0.699. The Hall–Kier alpha value is -1.70. The SMILES string of the molecule is CC(C)[C@H](N)C(=O)NCC(=O)Nc1ccc2cccc(Br)c2n1.Cl. The highest BCUT2D eigenvalue weighted by atomic mass is 79.9. The van der Waals surface area contributed by atoms with Crippen LogP contribution >= 0.6 is 28.3 Å². The molecule has 0 aliphatic carbocycles. The summed E-state index contributed by atoms with van der Waals surface area (Å²) in [5.41, 5.74) is 6.48. The lowest BCUT2D eigenvalue weighted by Gasteiger charge is -2.15. The maximum absolute atomic E-state index is 11.9. The smallest absolute Gasteiger partial charge is 0.244 e. The van der Waals surface area contributed by atoms with Crippen LogP contribution in [0.2, 0.25) is 0 Å². The minimum atomic E-state index is -0.627. The van der Waals surface area contributed by atoms with Crippen molar-refractivity contribution in [1.82, 2.24) is 10.3 Å². The summed E-state index contributed by atoms with van der Waals surface area (Å²) in [7, 11) is 0. The van der Waals surface area contributed by atoms with Gasteiger partial charge in [0.15, 0.2) is 0 Å². The fourth-order valence-corrected chi connectivity index (χ4v) is 2.43. The van der Waals surface area contributed by atoms with Crippen LogP contribution in [0.4, 0.5) is 5.82 Å². The maximum atomic E-state index is 11.9. The van der Waals surface area contributed by atoms with Gasteiger partial charge < -0.3 is 16.4 Å². The molecule has 0 fully saturated rings. The summed E-state index contributed by atoms with van der Waals surface area (Å²) in [6.07, 6.45) is 0. The van der Waals surface area contributed by atoms with Gasteiger partial charge in [-0.05, 0) is 40.0 Å². The Balaban J connectivity index is 0.00000288. The number of halogens is 2. The average molecular weight is 416 g/mol. The first-order valence-electron chi connectivity index (χ1n) is 7.27. The largest absolute Gasteiger partial charge is 0.346 e. The zero-order valence-corrected chi connectivity index (χ0v) is 15.8. The van der Waals surface area contributed by atoms with Crippen LogP contribution in [0, 0.1) is 5.92 Å². The number of anilines is 1. The summed E-state index contributed by atoms with van der Waals surface area (Å²) in [5, 5.41) is 6.14. The van der Waals surface area contributed by atoms with Crippen LogP contribution in [0.1, 0.15) is 13.8 Å². The molecule has 0 saturated heterocycles. The molecule has 0 aliphatic rings. The van der Waals surface area contributed by atoms with E-state index in [1.165, 1.54) is 0 Å². The number of amides is 2. The molecule has 0 unspecified atom stereocenters. The summed E-state index contributed by atoms with van der Waals surface area (Å²) >= 11 is 3.43. The number of nitrogens with one attached hydrogen (secondary N) is 2. The van der Waals surface area contributed by atoms with Gasteiger partial charge in [-0.2, -0.15) is 0 Å². The lowest BCUT2D eigenvalue weighted by molar-refractivity contribution is -0.125. The minimum absolute atomic E-state index is 0. The lowest BCUT2D eigenvalue weighted by Crippen LogP contribution is -2.46. The van der Waals surface area contributed by atoms with Crippen molar-refractivity contribution in [2.75, 3.05) is 11.9 Å². The normalized spacial score (nSPS) is 11.7. The fourth-order valence-electron chi connectivity index (χ4n) is 1.96. The highest BCUT2D eigenvalue weighted by Gasteiger charge is 2.17. The third-order valence-corrected chi connectivity index (χ3v) is 4.02. The van der Waals surface area contributed by atoms with Gasteiger partial charge >= 0.3 is 0 Å². The number of hydrogen-bond acceptors (Lipinski definition) is 4. The molecule has 24 heavy (non-hydrogen) atoms. The van der Waals surface area contributed by atoms with E-state index in [-0.39, 0.29) is 36.7 Å². The Labute approximate surface area is 155 Å². The third kappa shape index (κ3) is 5.15. The molecule has 1 aromatic carbocycles. The second-order valence-corrected chi connectivity index (χ2v) is 6.40. The molecule has 4 N–H and O–H groups in total.